The van der Waals surface area contributed by atoms with Crippen LogP contribution in [0.15, 0.2) is 224 Å². The molecular weight excluding hydrogens is 779 g/mol. The van der Waals surface area contributed by atoms with Crippen molar-refractivity contribution in [2.45, 2.75) is 6.04 Å². The average Bonchev–Trinajstić information content (AvgIpc) is 3.88. The fourth-order valence-corrected chi connectivity index (χ4v) is 10.0. The van der Waals surface area contributed by atoms with E-state index >= 15 is 0 Å². The van der Waals surface area contributed by atoms with Crippen molar-refractivity contribution >= 4 is 49.3 Å². The lowest BCUT2D eigenvalue weighted by Gasteiger charge is -2.30. The third kappa shape index (κ3) is 5.79. The largest absolute Gasteiger partial charge is 0.374 e. The molecular formula is C59H39N5. The van der Waals surface area contributed by atoms with E-state index in [0.29, 0.717) is 5.82 Å². The standard InChI is InChI=1S/C59H39N5/c1-4-17-38(18-5-1)58-50-36-57-49(35-47(50)44-25-10-13-28-51(44)60-58)48-34-41(31-32-56(48)63(57)42-22-8-3-9-23-42)53-37-52(61-59(62-53)39-19-6-2-7-20-39)40-21-16-24-43(33-40)64-54-29-14-11-26-45(54)46-27-12-15-30-55(46)64/h1-37,58,60H. The highest BCUT2D eigenvalue weighted by Gasteiger charge is 2.28. The second-order valence-corrected chi connectivity index (χ2v) is 16.6. The lowest BCUT2D eigenvalue weighted by Crippen LogP contribution is -2.18. The summed E-state index contributed by atoms with van der Waals surface area (Å²) in [7, 11) is 0. The van der Waals surface area contributed by atoms with Crippen LogP contribution in [0.4, 0.5) is 5.69 Å². The molecule has 0 spiro atoms. The Bertz CT molecular complexity index is 3700. The van der Waals surface area contributed by atoms with E-state index in [9.17, 15) is 0 Å². The molecule has 5 heteroatoms. The summed E-state index contributed by atoms with van der Waals surface area (Å²) in [4.78, 5) is 10.6. The van der Waals surface area contributed by atoms with Gasteiger partial charge in [-0.05, 0) is 89.5 Å². The molecule has 0 radical (unpaired) electrons. The molecule has 300 valence electrons. The van der Waals surface area contributed by atoms with Gasteiger partial charge in [0.1, 0.15) is 0 Å². The van der Waals surface area contributed by atoms with Crippen LogP contribution in [0, 0.1) is 0 Å². The summed E-state index contributed by atoms with van der Waals surface area (Å²) in [5, 5.41) is 8.73. The Morgan fingerprint density at radius 1 is 0.359 bits per heavy atom. The number of hydrogen-bond acceptors (Lipinski definition) is 3. The van der Waals surface area contributed by atoms with Gasteiger partial charge in [-0.15, -0.1) is 0 Å². The van der Waals surface area contributed by atoms with E-state index in [1.807, 2.05) is 6.07 Å². The topological polar surface area (TPSA) is 47.7 Å². The Hall–Kier alpha value is -8.54. The van der Waals surface area contributed by atoms with Crippen LogP contribution in [0.2, 0.25) is 0 Å². The lowest BCUT2D eigenvalue weighted by atomic mass is 9.85. The minimum absolute atomic E-state index is 0.00222. The smallest absolute Gasteiger partial charge is 0.160 e. The van der Waals surface area contributed by atoms with Crippen LogP contribution in [0.1, 0.15) is 17.2 Å². The summed E-state index contributed by atoms with van der Waals surface area (Å²) in [6.45, 7) is 0. The van der Waals surface area contributed by atoms with Crippen molar-refractivity contribution in [3.63, 3.8) is 0 Å². The third-order valence-electron chi connectivity index (χ3n) is 12.9. The fourth-order valence-electron chi connectivity index (χ4n) is 10.0. The highest BCUT2D eigenvalue weighted by atomic mass is 15.0. The molecule has 3 aromatic heterocycles. The Morgan fingerprint density at radius 2 is 0.922 bits per heavy atom. The van der Waals surface area contributed by atoms with E-state index in [2.05, 4.69) is 233 Å². The first-order valence-electron chi connectivity index (χ1n) is 21.9. The van der Waals surface area contributed by atoms with Crippen molar-refractivity contribution in [3.8, 4) is 56.4 Å². The summed E-state index contributed by atoms with van der Waals surface area (Å²) in [6.07, 6.45) is 0. The molecule has 64 heavy (non-hydrogen) atoms. The van der Waals surface area contributed by atoms with Crippen molar-refractivity contribution < 1.29 is 0 Å². The number of fused-ring (bicyclic) bond motifs is 9. The van der Waals surface area contributed by atoms with Crippen LogP contribution in [-0.4, -0.2) is 19.1 Å². The van der Waals surface area contributed by atoms with Gasteiger partial charge in [-0.3, -0.25) is 0 Å². The molecule has 13 rings (SSSR count). The van der Waals surface area contributed by atoms with E-state index in [-0.39, 0.29) is 6.04 Å². The normalized spacial score (nSPS) is 13.3. The molecule has 1 N–H and O–H groups in total. The molecule has 5 nitrogen and oxygen atoms in total. The van der Waals surface area contributed by atoms with Gasteiger partial charge in [0.2, 0.25) is 0 Å². The predicted molar refractivity (Wildman–Crippen MR) is 264 cm³/mol. The maximum absolute atomic E-state index is 5.32. The van der Waals surface area contributed by atoms with Gasteiger partial charge in [0, 0.05) is 60.9 Å². The first-order valence-corrected chi connectivity index (χ1v) is 21.9. The molecule has 0 saturated carbocycles. The van der Waals surface area contributed by atoms with Gasteiger partial charge in [0.15, 0.2) is 5.82 Å². The Labute approximate surface area is 370 Å². The molecule has 1 aliphatic heterocycles. The molecule has 1 aliphatic rings. The van der Waals surface area contributed by atoms with Crippen molar-refractivity contribution in [2.75, 3.05) is 5.32 Å². The number of nitrogens with zero attached hydrogens (tertiary/aromatic N) is 4. The number of benzene rings is 9. The van der Waals surface area contributed by atoms with Crippen LogP contribution in [0.25, 0.3) is 100 Å². The second-order valence-electron chi connectivity index (χ2n) is 16.6. The first-order chi connectivity index (χ1) is 31.7. The number of rotatable bonds is 6. The maximum atomic E-state index is 5.32. The zero-order valence-electron chi connectivity index (χ0n) is 34.7. The predicted octanol–water partition coefficient (Wildman–Crippen LogP) is 14.9. The van der Waals surface area contributed by atoms with Crippen LogP contribution in [0.5, 0.6) is 0 Å². The molecule has 0 saturated heterocycles. The van der Waals surface area contributed by atoms with E-state index < -0.39 is 0 Å². The summed E-state index contributed by atoms with van der Waals surface area (Å²) < 4.78 is 4.78. The number of hydrogen-bond donors (Lipinski definition) is 1. The Morgan fingerprint density at radius 3 is 1.67 bits per heavy atom. The molecule has 1 atom stereocenters. The molecule has 0 fully saturated rings. The minimum Gasteiger partial charge on any atom is -0.374 e. The van der Waals surface area contributed by atoms with Gasteiger partial charge < -0.3 is 14.5 Å². The Kier molecular flexibility index (Phi) is 8.21. The monoisotopic (exact) mass is 817 g/mol. The third-order valence-corrected chi connectivity index (χ3v) is 12.9. The molecule has 12 aromatic rings. The summed E-state index contributed by atoms with van der Waals surface area (Å²) >= 11 is 0. The van der Waals surface area contributed by atoms with Crippen LogP contribution in [0.3, 0.4) is 0 Å². The van der Waals surface area contributed by atoms with Crippen molar-refractivity contribution in [3.05, 3.63) is 236 Å². The highest BCUT2D eigenvalue weighted by molar-refractivity contribution is 6.13. The lowest BCUT2D eigenvalue weighted by molar-refractivity contribution is 0.931. The number of anilines is 1. The SMILES string of the molecule is c1ccc(-c2nc(-c3cccc(-n4c5ccccc5c5ccccc54)c3)cc(-c3ccc4c(c3)c3cc5c(cc3n4-c3ccccc3)C(c3ccccc3)Nc3ccccc3-5)n2)cc1. The Balaban J connectivity index is 1.02. The van der Waals surface area contributed by atoms with E-state index in [1.54, 1.807) is 0 Å². The molecule has 1 unspecified atom stereocenters. The second kappa shape index (κ2) is 14.5. The van der Waals surface area contributed by atoms with Crippen molar-refractivity contribution in [1.82, 2.24) is 19.1 Å². The number of nitrogens with one attached hydrogen (secondary N) is 1. The first kappa shape index (κ1) is 36.1. The number of para-hydroxylation sites is 4. The average molecular weight is 818 g/mol. The summed E-state index contributed by atoms with van der Waals surface area (Å²) in [5.41, 5.74) is 17.7. The van der Waals surface area contributed by atoms with Crippen LogP contribution < -0.4 is 5.32 Å². The molecule has 9 aromatic carbocycles. The van der Waals surface area contributed by atoms with E-state index in [0.717, 1.165) is 56.2 Å². The number of aromatic nitrogens is 4. The summed E-state index contributed by atoms with van der Waals surface area (Å²) in [5.74, 6) is 0.687. The van der Waals surface area contributed by atoms with Gasteiger partial charge in [-0.2, -0.15) is 0 Å². The van der Waals surface area contributed by atoms with E-state index in [1.165, 1.54) is 54.8 Å². The molecule has 4 heterocycles. The maximum Gasteiger partial charge on any atom is 0.160 e. The molecule has 0 bridgehead atoms. The van der Waals surface area contributed by atoms with Gasteiger partial charge in [-0.25, -0.2) is 9.97 Å². The van der Waals surface area contributed by atoms with Gasteiger partial charge in [0.05, 0.1) is 39.5 Å². The highest BCUT2D eigenvalue weighted by Crippen LogP contribution is 2.47. The van der Waals surface area contributed by atoms with E-state index in [4.69, 9.17) is 9.97 Å². The van der Waals surface area contributed by atoms with Gasteiger partial charge in [-0.1, -0.05) is 152 Å². The van der Waals surface area contributed by atoms with Gasteiger partial charge in [0.25, 0.3) is 0 Å². The summed E-state index contributed by atoms with van der Waals surface area (Å²) in [6, 6.07) is 80.4. The van der Waals surface area contributed by atoms with Crippen molar-refractivity contribution in [2.24, 2.45) is 0 Å². The molecule has 0 aliphatic carbocycles. The fraction of sp³-hybridized carbons (Fsp3) is 0.0169. The van der Waals surface area contributed by atoms with Crippen LogP contribution in [-0.2, 0) is 0 Å². The quantitative estimate of drug-likeness (QED) is 0.182. The minimum atomic E-state index is -0.00222. The zero-order chi connectivity index (χ0) is 42.1. The zero-order valence-corrected chi connectivity index (χ0v) is 34.7. The van der Waals surface area contributed by atoms with Crippen LogP contribution >= 0.6 is 0 Å². The van der Waals surface area contributed by atoms with Gasteiger partial charge >= 0.3 is 0 Å². The molecule has 0 amide bonds. The van der Waals surface area contributed by atoms with Crippen molar-refractivity contribution in [1.29, 1.82) is 0 Å².